The van der Waals surface area contributed by atoms with Gasteiger partial charge in [-0.3, -0.25) is 0 Å². The second-order valence-corrected chi connectivity index (χ2v) is 7.89. The molecule has 2 aliphatic rings. The standard InChI is InChI=1S/C23H18F3N3O4/c1-12(13-5-8-19-21(9-13)33-23(25,26)32-19)31-20-10-14(6-7-16(20)24)29-22-15(17(11-27)28-29)3-2-4-18(22)30/h5-10,12,18,30H,2-4H2,1H3/t12?,18-/m1/s1. The van der Waals surface area contributed by atoms with Crippen LogP contribution in [0.4, 0.5) is 13.2 Å². The highest BCUT2D eigenvalue weighted by Crippen LogP contribution is 2.42. The van der Waals surface area contributed by atoms with Gasteiger partial charge in [-0.15, -0.1) is 8.78 Å². The molecule has 1 aliphatic heterocycles. The van der Waals surface area contributed by atoms with Crippen molar-refractivity contribution >= 4 is 0 Å². The van der Waals surface area contributed by atoms with E-state index < -0.39 is 24.3 Å². The molecule has 2 atom stereocenters. The summed E-state index contributed by atoms with van der Waals surface area (Å²) in [5.41, 5.74) is 2.32. The minimum Gasteiger partial charge on any atom is -0.483 e. The van der Waals surface area contributed by atoms with Gasteiger partial charge in [0.25, 0.3) is 0 Å². The van der Waals surface area contributed by atoms with Gasteiger partial charge in [-0.1, -0.05) is 6.07 Å². The Hall–Kier alpha value is -3.71. The number of hydrogen-bond donors (Lipinski definition) is 1. The zero-order valence-corrected chi connectivity index (χ0v) is 17.4. The summed E-state index contributed by atoms with van der Waals surface area (Å²) < 4.78 is 57.2. The zero-order valence-electron chi connectivity index (χ0n) is 17.4. The van der Waals surface area contributed by atoms with Crippen molar-refractivity contribution in [1.29, 1.82) is 5.26 Å². The summed E-state index contributed by atoms with van der Waals surface area (Å²) in [7, 11) is 0. The van der Waals surface area contributed by atoms with Gasteiger partial charge in [0.15, 0.2) is 28.8 Å². The molecule has 0 spiro atoms. The smallest absolute Gasteiger partial charge is 0.483 e. The average molecular weight is 457 g/mol. The second-order valence-electron chi connectivity index (χ2n) is 7.89. The molecule has 2 heterocycles. The fourth-order valence-corrected chi connectivity index (χ4v) is 4.14. The van der Waals surface area contributed by atoms with Crippen LogP contribution in [0.1, 0.15) is 54.5 Å². The highest BCUT2D eigenvalue weighted by Gasteiger charge is 2.43. The fraction of sp³-hybridized carbons (Fsp3) is 0.304. The Kier molecular flexibility index (Phi) is 4.94. The average Bonchev–Trinajstić information content (AvgIpc) is 3.31. The third-order valence-electron chi connectivity index (χ3n) is 5.71. The highest BCUT2D eigenvalue weighted by molar-refractivity contribution is 5.48. The molecule has 0 bridgehead atoms. The summed E-state index contributed by atoms with van der Waals surface area (Å²) in [6.45, 7) is 1.63. The van der Waals surface area contributed by atoms with Crippen LogP contribution in [-0.2, 0) is 6.42 Å². The molecule has 0 amide bonds. The Bertz CT molecular complexity index is 1280. The summed E-state index contributed by atoms with van der Waals surface area (Å²) in [6.07, 6.45) is -3.34. The van der Waals surface area contributed by atoms with Crippen molar-refractivity contribution in [2.45, 2.75) is 44.7 Å². The Labute approximate surface area is 186 Å². The lowest BCUT2D eigenvalue weighted by Gasteiger charge is -2.20. The maximum Gasteiger partial charge on any atom is 0.586 e. The minimum atomic E-state index is -3.73. The number of aromatic nitrogens is 2. The van der Waals surface area contributed by atoms with Crippen LogP contribution < -0.4 is 14.2 Å². The number of rotatable bonds is 4. The first-order valence-corrected chi connectivity index (χ1v) is 10.3. The van der Waals surface area contributed by atoms with E-state index in [1.165, 1.54) is 41.1 Å². The van der Waals surface area contributed by atoms with Gasteiger partial charge in [0.2, 0.25) is 0 Å². The number of fused-ring (bicyclic) bond motifs is 2. The van der Waals surface area contributed by atoms with E-state index >= 15 is 0 Å². The monoisotopic (exact) mass is 457 g/mol. The fourth-order valence-electron chi connectivity index (χ4n) is 4.14. The summed E-state index contributed by atoms with van der Waals surface area (Å²) >= 11 is 0. The molecule has 2 aromatic carbocycles. The van der Waals surface area contributed by atoms with Crippen LogP contribution in [-0.4, -0.2) is 21.2 Å². The number of nitrogens with zero attached hydrogens (tertiary/aromatic N) is 3. The first kappa shape index (κ1) is 21.2. The number of aliphatic hydroxyl groups excluding tert-OH is 1. The molecule has 1 aromatic heterocycles. The Morgan fingerprint density at radius 3 is 2.82 bits per heavy atom. The largest absolute Gasteiger partial charge is 0.586 e. The van der Waals surface area contributed by atoms with E-state index in [0.29, 0.717) is 35.3 Å². The van der Waals surface area contributed by atoms with Crippen molar-refractivity contribution < 1.29 is 32.5 Å². The molecular formula is C23H18F3N3O4. The van der Waals surface area contributed by atoms with Crippen LogP contribution in [0, 0.1) is 17.1 Å². The Balaban J connectivity index is 1.45. The predicted molar refractivity (Wildman–Crippen MR) is 108 cm³/mol. The van der Waals surface area contributed by atoms with Crippen molar-refractivity contribution in [3.63, 3.8) is 0 Å². The number of ether oxygens (including phenoxy) is 3. The van der Waals surface area contributed by atoms with Gasteiger partial charge in [-0.05, 0) is 56.0 Å². The predicted octanol–water partition coefficient (Wildman–Crippen LogP) is 4.71. The normalized spacial score (nSPS) is 19.0. The number of halogens is 3. The lowest BCUT2D eigenvalue weighted by molar-refractivity contribution is -0.286. The number of hydrogen-bond acceptors (Lipinski definition) is 6. The summed E-state index contributed by atoms with van der Waals surface area (Å²) in [4.78, 5) is 0. The minimum absolute atomic E-state index is 0.0977. The second kappa shape index (κ2) is 7.71. The van der Waals surface area contributed by atoms with Gasteiger partial charge in [0.1, 0.15) is 12.2 Å². The lowest BCUT2D eigenvalue weighted by Crippen LogP contribution is -2.25. The van der Waals surface area contributed by atoms with Gasteiger partial charge in [0, 0.05) is 11.6 Å². The van der Waals surface area contributed by atoms with E-state index in [-0.39, 0.29) is 22.9 Å². The van der Waals surface area contributed by atoms with Crippen LogP contribution in [0.15, 0.2) is 36.4 Å². The molecule has 10 heteroatoms. The van der Waals surface area contributed by atoms with Crippen molar-refractivity contribution in [3.8, 4) is 29.0 Å². The van der Waals surface area contributed by atoms with Crippen LogP contribution >= 0.6 is 0 Å². The molecule has 170 valence electrons. The number of benzene rings is 2. The third-order valence-corrected chi connectivity index (χ3v) is 5.71. The first-order valence-electron chi connectivity index (χ1n) is 10.3. The molecule has 1 aliphatic carbocycles. The molecule has 33 heavy (non-hydrogen) atoms. The van der Waals surface area contributed by atoms with Crippen molar-refractivity contribution in [2.24, 2.45) is 0 Å². The Morgan fingerprint density at radius 2 is 2.03 bits per heavy atom. The summed E-state index contributed by atoms with van der Waals surface area (Å²) in [6, 6.07) is 10.4. The third kappa shape index (κ3) is 3.74. The molecule has 0 saturated heterocycles. The van der Waals surface area contributed by atoms with Gasteiger partial charge in [0.05, 0.1) is 17.5 Å². The van der Waals surface area contributed by atoms with Crippen LogP contribution in [0.2, 0.25) is 0 Å². The summed E-state index contributed by atoms with van der Waals surface area (Å²) in [5.74, 6) is -0.973. The molecule has 7 nitrogen and oxygen atoms in total. The van der Waals surface area contributed by atoms with Crippen molar-refractivity contribution in [2.75, 3.05) is 0 Å². The quantitative estimate of drug-likeness (QED) is 0.610. The van der Waals surface area contributed by atoms with Crippen LogP contribution in [0.5, 0.6) is 17.2 Å². The van der Waals surface area contributed by atoms with Crippen LogP contribution in [0.25, 0.3) is 5.69 Å². The van der Waals surface area contributed by atoms with Crippen molar-refractivity contribution in [1.82, 2.24) is 9.78 Å². The van der Waals surface area contributed by atoms with Gasteiger partial charge in [-0.25, -0.2) is 9.07 Å². The highest BCUT2D eigenvalue weighted by atomic mass is 19.3. The number of aliphatic hydroxyl groups is 1. The van der Waals surface area contributed by atoms with Crippen molar-refractivity contribution in [3.05, 3.63) is 64.7 Å². The molecule has 1 N–H and O–H groups in total. The topological polar surface area (TPSA) is 89.5 Å². The SMILES string of the molecule is CC(Oc1cc(-n2nc(C#N)c3c2[C@H](O)CCC3)ccc1F)c1ccc2c(c1)OC(F)(F)O2. The molecule has 3 aromatic rings. The summed E-state index contributed by atoms with van der Waals surface area (Å²) in [5, 5.41) is 24.2. The lowest BCUT2D eigenvalue weighted by atomic mass is 9.93. The maximum absolute atomic E-state index is 14.6. The van der Waals surface area contributed by atoms with E-state index in [2.05, 4.69) is 14.6 Å². The first-order chi connectivity index (χ1) is 15.8. The van der Waals surface area contributed by atoms with E-state index in [9.17, 15) is 23.5 Å². The maximum atomic E-state index is 14.6. The van der Waals surface area contributed by atoms with E-state index in [4.69, 9.17) is 4.74 Å². The van der Waals surface area contributed by atoms with E-state index in [1.807, 2.05) is 6.07 Å². The Morgan fingerprint density at radius 1 is 1.24 bits per heavy atom. The van der Waals surface area contributed by atoms with Gasteiger partial charge < -0.3 is 19.3 Å². The molecule has 0 saturated carbocycles. The van der Waals surface area contributed by atoms with E-state index in [0.717, 1.165) is 6.42 Å². The van der Waals surface area contributed by atoms with Gasteiger partial charge >= 0.3 is 6.29 Å². The van der Waals surface area contributed by atoms with E-state index in [1.54, 1.807) is 6.92 Å². The molecule has 0 fully saturated rings. The number of alkyl halides is 2. The zero-order chi connectivity index (χ0) is 23.3. The van der Waals surface area contributed by atoms with Gasteiger partial charge in [-0.2, -0.15) is 10.4 Å². The van der Waals surface area contributed by atoms with Crippen LogP contribution in [0.3, 0.4) is 0 Å². The molecular weight excluding hydrogens is 439 g/mol. The molecule has 5 rings (SSSR count). The number of nitriles is 1. The molecule has 0 radical (unpaired) electrons. The molecule has 1 unspecified atom stereocenters.